The SMILES string of the molecule is CCCC(=O)CC(=O)CCC(C)=O. The summed E-state index contributed by atoms with van der Waals surface area (Å²) in [6.07, 6.45) is 1.72. The number of rotatable bonds is 7. The van der Waals surface area contributed by atoms with Crippen molar-refractivity contribution in [2.24, 2.45) is 0 Å². The Morgan fingerprint density at radius 1 is 0.923 bits per heavy atom. The van der Waals surface area contributed by atoms with Gasteiger partial charge in [-0.2, -0.15) is 0 Å². The van der Waals surface area contributed by atoms with E-state index in [0.717, 1.165) is 6.42 Å². The lowest BCUT2D eigenvalue weighted by atomic mass is 10.1. The topological polar surface area (TPSA) is 51.2 Å². The molecule has 0 rings (SSSR count). The van der Waals surface area contributed by atoms with E-state index in [1.165, 1.54) is 6.92 Å². The molecule has 74 valence electrons. The van der Waals surface area contributed by atoms with Gasteiger partial charge in [0.1, 0.15) is 17.3 Å². The first-order chi connectivity index (χ1) is 6.06. The molecule has 0 aromatic rings. The van der Waals surface area contributed by atoms with E-state index in [1.54, 1.807) is 0 Å². The van der Waals surface area contributed by atoms with Crippen molar-refractivity contribution >= 4 is 17.3 Å². The first kappa shape index (κ1) is 12.0. The van der Waals surface area contributed by atoms with Crippen LogP contribution in [-0.2, 0) is 14.4 Å². The van der Waals surface area contributed by atoms with Gasteiger partial charge < -0.3 is 4.79 Å². The summed E-state index contributed by atoms with van der Waals surface area (Å²) in [4.78, 5) is 32.6. The summed E-state index contributed by atoms with van der Waals surface area (Å²) in [6.45, 7) is 3.35. The van der Waals surface area contributed by atoms with Gasteiger partial charge in [-0.15, -0.1) is 0 Å². The van der Waals surface area contributed by atoms with E-state index in [0.29, 0.717) is 6.42 Å². The van der Waals surface area contributed by atoms with Crippen LogP contribution in [0.15, 0.2) is 0 Å². The summed E-state index contributed by atoms with van der Waals surface area (Å²) in [6, 6.07) is 0. The third kappa shape index (κ3) is 7.37. The molecule has 0 aromatic heterocycles. The van der Waals surface area contributed by atoms with Crippen LogP contribution in [0.5, 0.6) is 0 Å². The Balaban J connectivity index is 3.62. The Kier molecular flexibility index (Phi) is 6.02. The normalized spacial score (nSPS) is 9.69. The van der Waals surface area contributed by atoms with Crippen molar-refractivity contribution in [3.05, 3.63) is 0 Å². The Morgan fingerprint density at radius 2 is 1.46 bits per heavy atom. The van der Waals surface area contributed by atoms with Crippen LogP contribution in [0.2, 0.25) is 0 Å². The van der Waals surface area contributed by atoms with Gasteiger partial charge in [0, 0.05) is 19.3 Å². The highest BCUT2D eigenvalue weighted by molar-refractivity contribution is 5.99. The van der Waals surface area contributed by atoms with Gasteiger partial charge in [-0.05, 0) is 13.3 Å². The van der Waals surface area contributed by atoms with Crippen LogP contribution in [0.25, 0.3) is 0 Å². The van der Waals surface area contributed by atoms with E-state index in [-0.39, 0.29) is 36.6 Å². The Labute approximate surface area is 78.5 Å². The fourth-order valence-electron chi connectivity index (χ4n) is 0.991. The minimum absolute atomic E-state index is 0.00111. The van der Waals surface area contributed by atoms with Crippen molar-refractivity contribution in [2.75, 3.05) is 0 Å². The molecule has 0 aliphatic heterocycles. The zero-order valence-electron chi connectivity index (χ0n) is 8.26. The molecule has 0 radical (unpaired) electrons. The van der Waals surface area contributed by atoms with Crippen LogP contribution in [0.3, 0.4) is 0 Å². The van der Waals surface area contributed by atoms with E-state index in [1.807, 2.05) is 6.92 Å². The van der Waals surface area contributed by atoms with E-state index in [4.69, 9.17) is 0 Å². The number of Topliss-reactive ketones (excluding diaryl/α,β-unsaturated/α-hetero) is 3. The van der Waals surface area contributed by atoms with Crippen molar-refractivity contribution in [3.8, 4) is 0 Å². The second-order valence-electron chi connectivity index (χ2n) is 3.21. The number of ketones is 3. The van der Waals surface area contributed by atoms with Gasteiger partial charge in [-0.25, -0.2) is 0 Å². The summed E-state index contributed by atoms with van der Waals surface area (Å²) in [7, 11) is 0. The summed E-state index contributed by atoms with van der Waals surface area (Å²) in [5, 5.41) is 0. The molecule has 0 bridgehead atoms. The van der Waals surface area contributed by atoms with Crippen molar-refractivity contribution in [2.45, 2.75) is 46.0 Å². The fraction of sp³-hybridized carbons (Fsp3) is 0.700. The number of hydrogen-bond acceptors (Lipinski definition) is 3. The Hall–Kier alpha value is -0.990. The quantitative estimate of drug-likeness (QED) is 0.566. The second-order valence-corrected chi connectivity index (χ2v) is 3.21. The van der Waals surface area contributed by atoms with Crippen LogP contribution < -0.4 is 0 Å². The van der Waals surface area contributed by atoms with Crippen LogP contribution in [0, 0.1) is 0 Å². The van der Waals surface area contributed by atoms with Crippen LogP contribution in [0.1, 0.15) is 46.0 Å². The minimum Gasteiger partial charge on any atom is -0.300 e. The molecule has 0 aliphatic carbocycles. The van der Waals surface area contributed by atoms with Gasteiger partial charge in [0.05, 0.1) is 6.42 Å². The monoisotopic (exact) mass is 184 g/mol. The summed E-state index contributed by atoms with van der Waals surface area (Å²) < 4.78 is 0. The first-order valence-electron chi connectivity index (χ1n) is 4.59. The maximum Gasteiger partial charge on any atom is 0.140 e. The van der Waals surface area contributed by atoms with Crippen molar-refractivity contribution in [1.29, 1.82) is 0 Å². The molecule has 0 atom stereocenters. The molecule has 3 nitrogen and oxygen atoms in total. The average Bonchev–Trinajstić information content (AvgIpc) is 2.01. The minimum atomic E-state index is -0.117. The van der Waals surface area contributed by atoms with Crippen molar-refractivity contribution in [1.82, 2.24) is 0 Å². The van der Waals surface area contributed by atoms with E-state index in [9.17, 15) is 14.4 Å². The standard InChI is InChI=1S/C10H16O3/c1-3-4-9(12)7-10(13)6-5-8(2)11/h3-7H2,1-2H3. The fourth-order valence-corrected chi connectivity index (χ4v) is 0.991. The molecule has 13 heavy (non-hydrogen) atoms. The smallest absolute Gasteiger partial charge is 0.140 e. The molecule has 0 unspecified atom stereocenters. The molecule has 0 aliphatic rings. The molecule has 0 N–H and O–H groups in total. The van der Waals surface area contributed by atoms with Gasteiger partial charge >= 0.3 is 0 Å². The van der Waals surface area contributed by atoms with E-state index >= 15 is 0 Å². The largest absolute Gasteiger partial charge is 0.300 e. The van der Waals surface area contributed by atoms with Crippen molar-refractivity contribution in [3.63, 3.8) is 0 Å². The van der Waals surface area contributed by atoms with Crippen LogP contribution >= 0.6 is 0 Å². The lowest BCUT2D eigenvalue weighted by molar-refractivity contribution is -0.128. The molecule has 0 saturated heterocycles. The van der Waals surface area contributed by atoms with Gasteiger partial charge in [-0.3, -0.25) is 9.59 Å². The van der Waals surface area contributed by atoms with Gasteiger partial charge in [0.25, 0.3) is 0 Å². The van der Waals surface area contributed by atoms with Crippen LogP contribution in [-0.4, -0.2) is 17.3 Å². The molecule has 0 spiro atoms. The third-order valence-corrected chi connectivity index (χ3v) is 1.68. The van der Waals surface area contributed by atoms with Gasteiger partial charge in [0.2, 0.25) is 0 Å². The molecule has 0 heterocycles. The second kappa shape index (κ2) is 6.52. The predicted molar refractivity (Wildman–Crippen MR) is 49.5 cm³/mol. The molecular weight excluding hydrogens is 168 g/mol. The summed E-state index contributed by atoms with van der Waals surface area (Å²) in [5.74, 6) is -0.138. The lowest BCUT2D eigenvalue weighted by Crippen LogP contribution is -2.08. The summed E-state index contributed by atoms with van der Waals surface area (Å²) >= 11 is 0. The zero-order chi connectivity index (χ0) is 10.3. The molecule has 0 aromatic carbocycles. The maximum atomic E-state index is 11.1. The van der Waals surface area contributed by atoms with E-state index < -0.39 is 0 Å². The Morgan fingerprint density at radius 3 is 1.92 bits per heavy atom. The van der Waals surface area contributed by atoms with Crippen molar-refractivity contribution < 1.29 is 14.4 Å². The maximum absolute atomic E-state index is 11.1. The first-order valence-corrected chi connectivity index (χ1v) is 4.59. The molecule has 0 fully saturated rings. The molecule has 0 amide bonds. The number of carbonyl (C=O) groups is 3. The number of hydrogen-bond donors (Lipinski definition) is 0. The van der Waals surface area contributed by atoms with Gasteiger partial charge in [-0.1, -0.05) is 6.92 Å². The molecule has 0 saturated carbocycles. The number of carbonyl (C=O) groups excluding carboxylic acids is 3. The van der Waals surface area contributed by atoms with Gasteiger partial charge in [0.15, 0.2) is 0 Å². The zero-order valence-corrected chi connectivity index (χ0v) is 8.26. The van der Waals surface area contributed by atoms with E-state index in [2.05, 4.69) is 0 Å². The average molecular weight is 184 g/mol. The molecule has 3 heteroatoms. The highest BCUT2D eigenvalue weighted by Crippen LogP contribution is 2.00. The summed E-state index contributed by atoms with van der Waals surface area (Å²) in [5.41, 5.74) is 0. The predicted octanol–water partition coefficient (Wildman–Crippen LogP) is 1.68. The Bertz CT molecular complexity index is 206. The highest BCUT2D eigenvalue weighted by Gasteiger charge is 2.08. The van der Waals surface area contributed by atoms with Crippen LogP contribution in [0.4, 0.5) is 0 Å². The third-order valence-electron chi connectivity index (χ3n) is 1.68. The lowest BCUT2D eigenvalue weighted by Gasteiger charge is -1.97. The molecular formula is C10H16O3. The highest BCUT2D eigenvalue weighted by atomic mass is 16.1.